The van der Waals surface area contributed by atoms with Crippen molar-refractivity contribution in [3.05, 3.63) is 0 Å². The van der Waals surface area contributed by atoms with Crippen LogP contribution < -0.4 is 5.73 Å². The lowest BCUT2D eigenvalue weighted by Crippen LogP contribution is -2.46. The minimum absolute atomic E-state index is 0.151. The number of rotatable bonds is 3. The van der Waals surface area contributed by atoms with Gasteiger partial charge in [0, 0.05) is 19.5 Å². The highest BCUT2D eigenvalue weighted by molar-refractivity contribution is 5.77. The molecule has 2 rings (SSSR count). The van der Waals surface area contributed by atoms with Crippen LogP contribution in [0, 0.1) is 16.7 Å². The molecule has 1 amide bonds. The first-order valence-corrected chi connectivity index (χ1v) is 7.84. The van der Waals surface area contributed by atoms with Crippen LogP contribution >= 0.6 is 0 Å². The second-order valence-corrected chi connectivity index (χ2v) is 7.76. The average molecular weight is 266 g/mol. The number of nitrogens with two attached hydrogens (primary N) is 1. The van der Waals surface area contributed by atoms with Crippen molar-refractivity contribution in [1.82, 2.24) is 4.90 Å². The summed E-state index contributed by atoms with van der Waals surface area (Å²) in [6.07, 6.45) is 6.54. The summed E-state index contributed by atoms with van der Waals surface area (Å²) >= 11 is 0. The number of carbonyl (C=O) groups excluding carboxylic acids is 1. The van der Waals surface area contributed by atoms with E-state index in [4.69, 9.17) is 5.73 Å². The van der Waals surface area contributed by atoms with E-state index < -0.39 is 0 Å². The molecular formula is C16H30N2O. The van der Waals surface area contributed by atoms with Gasteiger partial charge in [0.1, 0.15) is 0 Å². The van der Waals surface area contributed by atoms with Gasteiger partial charge in [-0.25, -0.2) is 0 Å². The molecule has 1 heterocycles. The highest BCUT2D eigenvalue weighted by Gasteiger charge is 2.39. The highest BCUT2D eigenvalue weighted by Crippen LogP contribution is 2.43. The van der Waals surface area contributed by atoms with Crippen molar-refractivity contribution in [2.24, 2.45) is 22.5 Å². The van der Waals surface area contributed by atoms with E-state index in [1.165, 1.54) is 6.42 Å². The van der Waals surface area contributed by atoms with Gasteiger partial charge in [-0.3, -0.25) is 4.79 Å². The highest BCUT2D eigenvalue weighted by atomic mass is 16.2. The molecule has 0 aromatic rings. The summed E-state index contributed by atoms with van der Waals surface area (Å²) in [5.41, 5.74) is 6.38. The van der Waals surface area contributed by atoms with Gasteiger partial charge in [0.15, 0.2) is 0 Å². The van der Waals surface area contributed by atoms with E-state index in [-0.39, 0.29) is 5.41 Å². The van der Waals surface area contributed by atoms with Crippen LogP contribution in [0.2, 0.25) is 0 Å². The third-order valence-electron chi connectivity index (χ3n) is 5.45. The molecule has 0 bridgehead atoms. The largest absolute Gasteiger partial charge is 0.343 e. The molecular weight excluding hydrogens is 236 g/mol. The number of nitrogens with zero attached hydrogens (tertiary/aromatic N) is 1. The number of amides is 1. The predicted molar refractivity (Wildman–Crippen MR) is 78.7 cm³/mol. The van der Waals surface area contributed by atoms with Gasteiger partial charge < -0.3 is 10.6 Å². The minimum Gasteiger partial charge on any atom is -0.343 e. The van der Waals surface area contributed by atoms with Crippen LogP contribution in [0.15, 0.2) is 0 Å². The van der Waals surface area contributed by atoms with E-state index in [2.05, 4.69) is 25.7 Å². The van der Waals surface area contributed by atoms with E-state index >= 15 is 0 Å². The third-order valence-corrected chi connectivity index (χ3v) is 5.45. The summed E-state index contributed by atoms with van der Waals surface area (Å²) in [5, 5.41) is 0. The van der Waals surface area contributed by atoms with Crippen LogP contribution in [0.5, 0.6) is 0 Å². The minimum atomic E-state index is 0.151. The Morgan fingerprint density at radius 2 is 1.84 bits per heavy atom. The average Bonchev–Trinajstić information content (AvgIpc) is 2.32. The molecule has 2 N–H and O–H groups in total. The molecule has 110 valence electrons. The van der Waals surface area contributed by atoms with Gasteiger partial charge in [-0.05, 0) is 49.0 Å². The number of hydrogen-bond acceptors (Lipinski definition) is 2. The van der Waals surface area contributed by atoms with Crippen LogP contribution in [-0.4, -0.2) is 30.4 Å². The van der Waals surface area contributed by atoms with E-state index in [1.807, 2.05) is 0 Å². The Morgan fingerprint density at radius 1 is 1.26 bits per heavy atom. The molecule has 2 aliphatic rings. The fourth-order valence-corrected chi connectivity index (χ4v) is 3.56. The van der Waals surface area contributed by atoms with E-state index in [0.29, 0.717) is 24.3 Å². The Bertz CT molecular complexity index is 315. The van der Waals surface area contributed by atoms with Crippen molar-refractivity contribution in [3.63, 3.8) is 0 Å². The Kier molecular flexibility index (Phi) is 4.24. The maximum absolute atomic E-state index is 12.4. The summed E-state index contributed by atoms with van der Waals surface area (Å²) in [4.78, 5) is 14.5. The Labute approximate surface area is 117 Å². The van der Waals surface area contributed by atoms with E-state index in [9.17, 15) is 4.79 Å². The van der Waals surface area contributed by atoms with Gasteiger partial charge in [-0.2, -0.15) is 0 Å². The molecule has 0 atom stereocenters. The molecule has 1 aliphatic heterocycles. The normalized spacial score (nSPS) is 24.1. The summed E-state index contributed by atoms with van der Waals surface area (Å²) in [5.74, 6) is 1.10. The molecule has 1 saturated carbocycles. The molecule has 1 aliphatic carbocycles. The van der Waals surface area contributed by atoms with Crippen LogP contribution in [0.3, 0.4) is 0 Å². The lowest BCUT2D eigenvalue weighted by Gasteiger charge is -2.43. The fraction of sp³-hybridized carbons (Fsp3) is 0.938. The van der Waals surface area contributed by atoms with Gasteiger partial charge in [0.05, 0.1) is 0 Å². The standard InChI is InChI=1S/C16H30N2O/c1-15(2,3)13-5-9-18(10-6-13)14(19)11-16(12-17)7-4-8-16/h13H,4-12,17H2,1-3H3. The van der Waals surface area contributed by atoms with Crippen LogP contribution in [-0.2, 0) is 4.79 Å². The first-order valence-electron chi connectivity index (χ1n) is 7.84. The summed E-state index contributed by atoms with van der Waals surface area (Å²) in [7, 11) is 0. The first-order chi connectivity index (χ1) is 8.86. The van der Waals surface area contributed by atoms with E-state index in [0.717, 1.165) is 44.7 Å². The van der Waals surface area contributed by atoms with Crippen LogP contribution in [0.25, 0.3) is 0 Å². The third kappa shape index (κ3) is 3.31. The lowest BCUT2D eigenvalue weighted by molar-refractivity contribution is -0.137. The maximum atomic E-state index is 12.4. The second kappa shape index (κ2) is 5.43. The van der Waals surface area contributed by atoms with Crippen LogP contribution in [0.4, 0.5) is 0 Å². The molecule has 1 saturated heterocycles. The van der Waals surface area contributed by atoms with Gasteiger partial charge in [0.2, 0.25) is 5.91 Å². The Morgan fingerprint density at radius 3 is 2.21 bits per heavy atom. The molecule has 3 heteroatoms. The number of piperidine rings is 1. The summed E-state index contributed by atoms with van der Waals surface area (Å²) < 4.78 is 0. The van der Waals surface area contributed by atoms with Gasteiger partial charge in [0.25, 0.3) is 0 Å². The van der Waals surface area contributed by atoms with Gasteiger partial charge >= 0.3 is 0 Å². The summed E-state index contributed by atoms with van der Waals surface area (Å²) in [6, 6.07) is 0. The van der Waals surface area contributed by atoms with Crippen molar-refractivity contribution < 1.29 is 4.79 Å². The van der Waals surface area contributed by atoms with Crippen molar-refractivity contribution in [3.8, 4) is 0 Å². The number of likely N-dealkylation sites (tertiary alicyclic amines) is 1. The summed E-state index contributed by atoms with van der Waals surface area (Å²) in [6.45, 7) is 9.51. The topological polar surface area (TPSA) is 46.3 Å². The molecule has 0 unspecified atom stereocenters. The quantitative estimate of drug-likeness (QED) is 0.854. The predicted octanol–water partition coefficient (Wildman–Crippen LogP) is 2.79. The zero-order valence-corrected chi connectivity index (χ0v) is 12.9. The van der Waals surface area contributed by atoms with Crippen molar-refractivity contribution >= 4 is 5.91 Å². The van der Waals surface area contributed by atoms with Crippen molar-refractivity contribution in [2.45, 2.75) is 59.3 Å². The number of hydrogen-bond donors (Lipinski definition) is 1. The first kappa shape index (κ1) is 14.8. The van der Waals surface area contributed by atoms with Crippen LogP contribution in [0.1, 0.15) is 59.3 Å². The zero-order valence-electron chi connectivity index (χ0n) is 12.9. The molecule has 3 nitrogen and oxygen atoms in total. The maximum Gasteiger partial charge on any atom is 0.223 e. The lowest BCUT2D eigenvalue weighted by atomic mass is 9.66. The van der Waals surface area contributed by atoms with Crippen molar-refractivity contribution in [1.29, 1.82) is 0 Å². The fourth-order valence-electron chi connectivity index (χ4n) is 3.56. The Hall–Kier alpha value is -0.570. The molecule has 0 aromatic carbocycles. The smallest absolute Gasteiger partial charge is 0.223 e. The van der Waals surface area contributed by atoms with E-state index in [1.54, 1.807) is 0 Å². The molecule has 0 spiro atoms. The van der Waals surface area contributed by atoms with Gasteiger partial charge in [-0.1, -0.05) is 27.2 Å². The molecule has 0 radical (unpaired) electrons. The Balaban J connectivity index is 1.83. The molecule has 2 fully saturated rings. The second-order valence-electron chi connectivity index (χ2n) is 7.76. The monoisotopic (exact) mass is 266 g/mol. The van der Waals surface area contributed by atoms with Crippen molar-refractivity contribution in [2.75, 3.05) is 19.6 Å². The zero-order chi connectivity index (χ0) is 14.1. The molecule has 19 heavy (non-hydrogen) atoms. The van der Waals surface area contributed by atoms with Gasteiger partial charge in [-0.15, -0.1) is 0 Å². The SMILES string of the molecule is CC(C)(C)C1CCN(C(=O)CC2(CN)CCC2)CC1. The number of carbonyl (C=O) groups is 1. The molecule has 0 aromatic heterocycles.